The Hall–Kier alpha value is -0.560. The van der Waals surface area contributed by atoms with E-state index in [4.69, 9.17) is 0 Å². The Balaban J connectivity index is 1.54. The minimum atomic E-state index is -0.0845. The normalized spacial score (nSPS) is 47.8. The molecule has 0 saturated heterocycles. The van der Waals surface area contributed by atoms with E-state index in [0.29, 0.717) is 16.7 Å². The van der Waals surface area contributed by atoms with Crippen LogP contribution in [0.15, 0.2) is 23.8 Å². The molecule has 158 valence electrons. The van der Waals surface area contributed by atoms with E-state index >= 15 is 0 Å². The molecule has 4 aliphatic rings. The molecule has 28 heavy (non-hydrogen) atoms. The van der Waals surface area contributed by atoms with Crippen LogP contribution in [0.4, 0.5) is 0 Å². The Labute approximate surface area is 174 Å². The van der Waals surface area contributed by atoms with Gasteiger partial charge in [0.2, 0.25) is 0 Å². The van der Waals surface area contributed by atoms with Crippen molar-refractivity contribution < 1.29 is 5.11 Å². The van der Waals surface area contributed by atoms with Crippen LogP contribution >= 0.6 is 0 Å². The van der Waals surface area contributed by atoms with Crippen molar-refractivity contribution >= 4 is 0 Å². The summed E-state index contributed by atoms with van der Waals surface area (Å²) < 4.78 is 0. The SMILES string of the molecule is CC[C@H](C)/C=C/[C@@H](C)[C@H]1CC[C@@H]2[C@H]3CC=C4C[C@@H](O)CC[C@]4(C)[C@@H]3CC[C@@]21C. The van der Waals surface area contributed by atoms with Gasteiger partial charge in [-0.25, -0.2) is 0 Å². The smallest absolute Gasteiger partial charge is 0.0577 e. The van der Waals surface area contributed by atoms with E-state index in [-0.39, 0.29) is 6.10 Å². The lowest BCUT2D eigenvalue weighted by Crippen LogP contribution is -2.50. The van der Waals surface area contributed by atoms with Crippen LogP contribution in [0.5, 0.6) is 0 Å². The van der Waals surface area contributed by atoms with Gasteiger partial charge in [-0.2, -0.15) is 0 Å². The van der Waals surface area contributed by atoms with E-state index in [2.05, 4.69) is 52.8 Å². The van der Waals surface area contributed by atoms with Crippen molar-refractivity contribution in [2.24, 2.45) is 46.3 Å². The summed E-state index contributed by atoms with van der Waals surface area (Å²) in [6.07, 6.45) is 19.0. The van der Waals surface area contributed by atoms with Crippen molar-refractivity contribution in [3.63, 3.8) is 0 Å². The van der Waals surface area contributed by atoms with Gasteiger partial charge in [0.25, 0.3) is 0 Å². The van der Waals surface area contributed by atoms with E-state index in [1.807, 2.05) is 0 Å². The highest BCUT2D eigenvalue weighted by Gasteiger charge is 2.58. The Morgan fingerprint density at radius 3 is 2.61 bits per heavy atom. The quantitative estimate of drug-likeness (QED) is 0.510. The van der Waals surface area contributed by atoms with Crippen LogP contribution in [0.25, 0.3) is 0 Å². The van der Waals surface area contributed by atoms with Gasteiger partial charge in [0, 0.05) is 0 Å². The minimum absolute atomic E-state index is 0.0845. The van der Waals surface area contributed by atoms with Gasteiger partial charge in [-0.15, -0.1) is 0 Å². The van der Waals surface area contributed by atoms with Crippen LogP contribution in [-0.2, 0) is 0 Å². The molecule has 1 heteroatoms. The molecule has 1 N–H and O–H groups in total. The molecule has 0 aromatic carbocycles. The number of aliphatic hydroxyl groups is 1. The first kappa shape index (κ1) is 20.7. The highest BCUT2D eigenvalue weighted by molar-refractivity contribution is 5.25. The van der Waals surface area contributed by atoms with Crippen LogP contribution in [0.1, 0.15) is 92.4 Å². The monoisotopic (exact) mass is 384 g/mol. The van der Waals surface area contributed by atoms with Gasteiger partial charge in [-0.05, 0) is 97.7 Å². The zero-order valence-electron chi connectivity index (χ0n) is 19.1. The van der Waals surface area contributed by atoms with Gasteiger partial charge in [0.05, 0.1) is 6.10 Å². The standard InChI is InChI=1S/C27H44O/c1-6-18(2)7-8-19(3)23-11-12-24-22-10-9-20-17-21(28)13-15-26(20,4)25(22)14-16-27(23,24)5/h7-9,18-19,21-25,28H,6,10-17H2,1-5H3/b8-7+/t18-,19+,21-,22+,23+,24+,25+,26-,27+/m0/s1. The molecule has 4 aliphatic carbocycles. The van der Waals surface area contributed by atoms with Gasteiger partial charge < -0.3 is 5.11 Å². The summed E-state index contributed by atoms with van der Waals surface area (Å²) in [6, 6.07) is 0. The van der Waals surface area contributed by atoms with Crippen molar-refractivity contribution in [2.45, 2.75) is 98.5 Å². The lowest BCUT2D eigenvalue weighted by Gasteiger charge is -2.58. The predicted molar refractivity (Wildman–Crippen MR) is 119 cm³/mol. The first-order chi connectivity index (χ1) is 13.3. The average molecular weight is 385 g/mol. The van der Waals surface area contributed by atoms with Gasteiger partial charge >= 0.3 is 0 Å². The molecule has 1 nitrogen and oxygen atoms in total. The third kappa shape index (κ3) is 3.24. The third-order valence-corrected chi connectivity index (χ3v) is 10.2. The second-order valence-corrected chi connectivity index (χ2v) is 11.5. The number of allylic oxidation sites excluding steroid dienone is 3. The zero-order chi connectivity index (χ0) is 20.1. The Kier molecular flexibility index (Phi) is 5.62. The van der Waals surface area contributed by atoms with Crippen LogP contribution in [-0.4, -0.2) is 11.2 Å². The van der Waals surface area contributed by atoms with Crippen molar-refractivity contribution in [1.82, 2.24) is 0 Å². The molecule has 0 heterocycles. The summed E-state index contributed by atoms with van der Waals surface area (Å²) in [4.78, 5) is 0. The Morgan fingerprint density at radius 2 is 1.86 bits per heavy atom. The Bertz CT molecular complexity index is 632. The molecule has 0 bridgehead atoms. The van der Waals surface area contributed by atoms with E-state index in [1.165, 1.54) is 44.9 Å². The lowest BCUT2D eigenvalue weighted by atomic mass is 9.47. The minimum Gasteiger partial charge on any atom is -0.393 e. The molecule has 0 amide bonds. The molecular formula is C27H44O. The van der Waals surface area contributed by atoms with Crippen LogP contribution in [0.3, 0.4) is 0 Å². The van der Waals surface area contributed by atoms with Gasteiger partial charge in [-0.1, -0.05) is 64.8 Å². The van der Waals surface area contributed by atoms with E-state index in [1.54, 1.807) is 5.57 Å². The summed E-state index contributed by atoms with van der Waals surface area (Å²) in [7, 11) is 0. The Morgan fingerprint density at radius 1 is 1.07 bits per heavy atom. The molecule has 9 atom stereocenters. The number of fused-ring (bicyclic) bond motifs is 5. The largest absolute Gasteiger partial charge is 0.393 e. The second-order valence-electron chi connectivity index (χ2n) is 11.5. The summed E-state index contributed by atoms with van der Waals surface area (Å²) >= 11 is 0. The second kappa shape index (κ2) is 7.60. The molecule has 0 spiro atoms. The molecule has 3 fully saturated rings. The van der Waals surface area contributed by atoms with Crippen molar-refractivity contribution in [3.8, 4) is 0 Å². The van der Waals surface area contributed by atoms with Gasteiger partial charge in [-0.3, -0.25) is 0 Å². The van der Waals surface area contributed by atoms with Gasteiger partial charge in [0.15, 0.2) is 0 Å². The zero-order valence-corrected chi connectivity index (χ0v) is 19.1. The molecular weight excluding hydrogens is 340 g/mol. The van der Waals surface area contributed by atoms with Crippen molar-refractivity contribution in [2.75, 3.05) is 0 Å². The highest BCUT2D eigenvalue weighted by atomic mass is 16.3. The maximum absolute atomic E-state index is 10.2. The molecule has 0 radical (unpaired) electrons. The third-order valence-electron chi connectivity index (χ3n) is 10.2. The van der Waals surface area contributed by atoms with Gasteiger partial charge in [0.1, 0.15) is 0 Å². The fourth-order valence-electron chi connectivity index (χ4n) is 8.18. The summed E-state index contributed by atoms with van der Waals surface area (Å²) in [5.41, 5.74) is 2.52. The number of rotatable bonds is 4. The van der Waals surface area contributed by atoms with Crippen LogP contribution in [0, 0.1) is 46.3 Å². The summed E-state index contributed by atoms with van der Waals surface area (Å²) in [5.74, 6) is 4.96. The lowest BCUT2D eigenvalue weighted by molar-refractivity contribution is -0.0540. The fraction of sp³-hybridized carbons (Fsp3) is 0.852. The van der Waals surface area contributed by atoms with Crippen LogP contribution < -0.4 is 0 Å². The first-order valence-electron chi connectivity index (χ1n) is 12.4. The maximum atomic E-state index is 10.2. The number of hydrogen-bond acceptors (Lipinski definition) is 1. The first-order valence-corrected chi connectivity index (χ1v) is 12.4. The molecule has 0 aromatic heterocycles. The summed E-state index contributed by atoms with van der Waals surface area (Å²) in [6.45, 7) is 12.3. The molecule has 0 aliphatic heterocycles. The molecule has 0 aromatic rings. The van der Waals surface area contributed by atoms with E-state index in [9.17, 15) is 5.11 Å². The maximum Gasteiger partial charge on any atom is 0.0577 e. The highest BCUT2D eigenvalue weighted by Crippen LogP contribution is 2.67. The fourth-order valence-corrected chi connectivity index (χ4v) is 8.18. The topological polar surface area (TPSA) is 20.2 Å². The molecule has 4 rings (SSSR count). The molecule has 0 unspecified atom stereocenters. The summed E-state index contributed by atoms with van der Waals surface area (Å²) in [5, 5.41) is 10.2. The van der Waals surface area contributed by atoms with Crippen molar-refractivity contribution in [1.29, 1.82) is 0 Å². The predicted octanol–water partition coefficient (Wildman–Crippen LogP) is 7.16. The number of aliphatic hydroxyl groups excluding tert-OH is 1. The van der Waals surface area contributed by atoms with E-state index < -0.39 is 0 Å². The number of hydrogen-bond donors (Lipinski definition) is 1. The van der Waals surface area contributed by atoms with Crippen LogP contribution in [0.2, 0.25) is 0 Å². The van der Waals surface area contributed by atoms with E-state index in [0.717, 1.165) is 42.4 Å². The van der Waals surface area contributed by atoms with Crippen molar-refractivity contribution in [3.05, 3.63) is 23.8 Å². The average Bonchev–Trinajstić information content (AvgIpc) is 3.03. The molecule has 3 saturated carbocycles.